The lowest BCUT2D eigenvalue weighted by molar-refractivity contribution is -0.116. The van der Waals surface area contributed by atoms with Gasteiger partial charge in [-0.3, -0.25) is 4.79 Å². The number of nitrogens with zero attached hydrogens (tertiary/aromatic N) is 1. The normalized spacial score (nSPS) is 10.8. The SMILES string of the molecule is CCN(CC)c1ccc(NC(=O)CCc2ccc(C(C)C)cc2)cc1. The Hall–Kier alpha value is -2.29. The molecule has 134 valence electrons. The van der Waals surface area contributed by atoms with Crippen molar-refractivity contribution in [2.24, 2.45) is 0 Å². The van der Waals surface area contributed by atoms with Crippen LogP contribution in [0.25, 0.3) is 0 Å². The first-order valence-corrected chi connectivity index (χ1v) is 9.27. The molecule has 3 heteroatoms. The number of anilines is 2. The number of aryl methyl sites for hydroxylation is 1. The predicted molar refractivity (Wildman–Crippen MR) is 107 cm³/mol. The van der Waals surface area contributed by atoms with Gasteiger partial charge in [0.25, 0.3) is 0 Å². The summed E-state index contributed by atoms with van der Waals surface area (Å²) in [4.78, 5) is 14.5. The third-order valence-electron chi connectivity index (χ3n) is 4.57. The fourth-order valence-corrected chi connectivity index (χ4v) is 2.89. The van der Waals surface area contributed by atoms with Crippen molar-refractivity contribution in [3.63, 3.8) is 0 Å². The summed E-state index contributed by atoms with van der Waals surface area (Å²) in [5.74, 6) is 0.597. The van der Waals surface area contributed by atoms with E-state index < -0.39 is 0 Å². The monoisotopic (exact) mass is 338 g/mol. The third-order valence-corrected chi connectivity index (χ3v) is 4.57. The summed E-state index contributed by atoms with van der Waals surface area (Å²) < 4.78 is 0. The van der Waals surface area contributed by atoms with Crippen molar-refractivity contribution in [1.82, 2.24) is 0 Å². The van der Waals surface area contributed by atoms with Crippen LogP contribution in [0.1, 0.15) is 51.2 Å². The molecule has 0 aliphatic heterocycles. The van der Waals surface area contributed by atoms with E-state index >= 15 is 0 Å². The highest BCUT2D eigenvalue weighted by molar-refractivity contribution is 5.91. The molecule has 0 unspecified atom stereocenters. The molecule has 0 bridgehead atoms. The van der Waals surface area contributed by atoms with E-state index in [1.54, 1.807) is 0 Å². The van der Waals surface area contributed by atoms with E-state index in [0.717, 1.165) is 25.2 Å². The Morgan fingerprint density at radius 3 is 2.08 bits per heavy atom. The van der Waals surface area contributed by atoms with Crippen molar-refractivity contribution in [2.75, 3.05) is 23.3 Å². The lowest BCUT2D eigenvalue weighted by atomic mass is 10.0. The highest BCUT2D eigenvalue weighted by atomic mass is 16.1. The van der Waals surface area contributed by atoms with Gasteiger partial charge in [0.1, 0.15) is 0 Å². The van der Waals surface area contributed by atoms with E-state index in [2.05, 4.69) is 74.3 Å². The van der Waals surface area contributed by atoms with E-state index in [-0.39, 0.29) is 5.91 Å². The number of hydrogen-bond donors (Lipinski definition) is 1. The smallest absolute Gasteiger partial charge is 0.224 e. The number of hydrogen-bond acceptors (Lipinski definition) is 2. The van der Waals surface area contributed by atoms with Crippen molar-refractivity contribution in [3.8, 4) is 0 Å². The van der Waals surface area contributed by atoms with Gasteiger partial charge in [-0.05, 0) is 61.6 Å². The van der Waals surface area contributed by atoms with Gasteiger partial charge in [0, 0.05) is 30.9 Å². The number of benzene rings is 2. The minimum absolute atomic E-state index is 0.0588. The standard InChI is InChI=1S/C22H30N2O/c1-5-24(6-2)21-14-12-20(13-15-21)23-22(25)16-9-18-7-10-19(11-8-18)17(3)4/h7-8,10-15,17H,5-6,9,16H2,1-4H3,(H,23,25). The number of nitrogens with one attached hydrogen (secondary N) is 1. The quantitative estimate of drug-likeness (QED) is 0.715. The highest BCUT2D eigenvalue weighted by Gasteiger charge is 2.06. The average molecular weight is 338 g/mol. The Balaban J connectivity index is 1.85. The van der Waals surface area contributed by atoms with Gasteiger partial charge in [0.15, 0.2) is 0 Å². The molecule has 0 saturated carbocycles. The second-order valence-corrected chi connectivity index (χ2v) is 6.66. The summed E-state index contributed by atoms with van der Waals surface area (Å²) in [7, 11) is 0. The van der Waals surface area contributed by atoms with Crippen LogP contribution in [0.15, 0.2) is 48.5 Å². The van der Waals surface area contributed by atoms with Crippen molar-refractivity contribution in [2.45, 2.75) is 46.5 Å². The molecule has 0 aromatic heterocycles. The van der Waals surface area contributed by atoms with E-state index in [1.807, 2.05) is 12.1 Å². The van der Waals surface area contributed by atoms with Crippen LogP contribution >= 0.6 is 0 Å². The zero-order valence-electron chi connectivity index (χ0n) is 15.9. The molecule has 0 aliphatic carbocycles. The van der Waals surface area contributed by atoms with Crippen LogP contribution in [0.4, 0.5) is 11.4 Å². The van der Waals surface area contributed by atoms with E-state index in [1.165, 1.54) is 16.8 Å². The number of rotatable bonds is 8. The maximum absolute atomic E-state index is 12.2. The molecule has 0 aliphatic rings. The second-order valence-electron chi connectivity index (χ2n) is 6.66. The Morgan fingerprint density at radius 1 is 0.960 bits per heavy atom. The van der Waals surface area contributed by atoms with Gasteiger partial charge in [0.05, 0.1) is 0 Å². The minimum atomic E-state index is 0.0588. The summed E-state index contributed by atoms with van der Waals surface area (Å²) in [5, 5.41) is 2.99. The van der Waals surface area contributed by atoms with Gasteiger partial charge in [-0.1, -0.05) is 38.1 Å². The van der Waals surface area contributed by atoms with Crippen LogP contribution in [0, 0.1) is 0 Å². The third kappa shape index (κ3) is 5.63. The summed E-state index contributed by atoms with van der Waals surface area (Å²) in [6.45, 7) is 10.6. The van der Waals surface area contributed by atoms with Crippen molar-refractivity contribution in [3.05, 3.63) is 59.7 Å². The van der Waals surface area contributed by atoms with Gasteiger partial charge in [-0.15, -0.1) is 0 Å². The first-order chi connectivity index (χ1) is 12.0. The van der Waals surface area contributed by atoms with Gasteiger partial charge < -0.3 is 10.2 Å². The molecule has 0 fully saturated rings. The van der Waals surface area contributed by atoms with Gasteiger partial charge in [-0.25, -0.2) is 0 Å². The maximum Gasteiger partial charge on any atom is 0.224 e. The molecular formula is C22H30N2O. The van der Waals surface area contributed by atoms with E-state index in [4.69, 9.17) is 0 Å². The van der Waals surface area contributed by atoms with E-state index in [0.29, 0.717) is 12.3 Å². The average Bonchev–Trinajstić information content (AvgIpc) is 2.63. The number of amides is 1. The lowest BCUT2D eigenvalue weighted by Crippen LogP contribution is -2.21. The van der Waals surface area contributed by atoms with E-state index in [9.17, 15) is 4.79 Å². The predicted octanol–water partition coefficient (Wildman–Crippen LogP) is 5.23. The largest absolute Gasteiger partial charge is 0.372 e. The summed E-state index contributed by atoms with van der Waals surface area (Å²) in [5.41, 5.74) is 4.59. The van der Waals surface area contributed by atoms with Crippen LogP contribution in [-0.2, 0) is 11.2 Å². The molecule has 3 nitrogen and oxygen atoms in total. The van der Waals surface area contributed by atoms with Crippen LogP contribution in [0.5, 0.6) is 0 Å². The fourth-order valence-electron chi connectivity index (χ4n) is 2.89. The van der Waals surface area contributed by atoms with Crippen molar-refractivity contribution < 1.29 is 4.79 Å². The molecule has 1 amide bonds. The molecule has 0 saturated heterocycles. The maximum atomic E-state index is 12.2. The Kier molecular flexibility index (Phi) is 7.05. The summed E-state index contributed by atoms with van der Waals surface area (Å²) in [6.07, 6.45) is 1.26. The first-order valence-electron chi connectivity index (χ1n) is 9.27. The van der Waals surface area contributed by atoms with Crippen LogP contribution in [-0.4, -0.2) is 19.0 Å². The van der Waals surface area contributed by atoms with Gasteiger partial charge in [-0.2, -0.15) is 0 Å². The Labute approximate surface area is 152 Å². The Bertz CT molecular complexity index is 655. The number of carbonyl (C=O) groups is 1. The molecule has 2 aromatic rings. The molecule has 2 rings (SSSR count). The molecular weight excluding hydrogens is 308 g/mol. The molecule has 2 aromatic carbocycles. The van der Waals surface area contributed by atoms with Crippen LogP contribution in [0.3, 0.4) is 0 Å². The molecule has 25 heavy (non-hydrogen) atoms. The fraction of sp³-hybridized carbons (Fsp3) is 0.409. The van der Waals surface area contributed by atoms with Gasteiger partial charge >= 0.3 is 0 Å². The topological polar surface area (TPSA) is 32.3 Å². The zero-order chi connectivity index (χ0) is 18.2. The molecule has 0 atom stereocenters. The highest BCUT2D eigenvalue weighted by Crippen LogP contribution is 2.18. The van der Waals surface area contributed by atoms with Gasteiger partial charge in [0.2, 0.25) is 5.91 Å². The number of carbonyl (C=O) groups excluding carboxylic acids is 1. The van der Waals surface area contributed by atoms with Crippen molar-refractivity contribution in [1.29, 1.82) is 0 Å². The van der Waals surface area contributed by atoms with Crippen molar-refractivity contribution >= 4 is 17.3 Å². The summed E-state index contributed by atoms with van der Waals surface area (Å²) in [6, 6.07) is 16.6. The zero-order valence-corrected chi connectivity index (χ0v) is 15.9. The minimum Gasteiger partial charge on any atom is -0.372 e. The first kappa shape index (κ1) is 19.0. The molecule has 0 radical (unpaired) electrons. The Morgan fingerprint density at radius 2 is 1.56 bits per heavy atom. The molecule has 0 spiro atoms. The lowest BCUT2D eigenvalue weighted by Gasteiger charge is -2.21. The molecule has 0 heterocycles. The van der Waals surface area contributed by atoms with Crippen LogP contribution < -0.4 is 10.2 Å². The molecule has 1 N–H and O–H groups in total. The summed E-state index contributed by atoms with van der Waals surface area (Å²) >= 11 is 0. The van der Waals surface area contributed by atoms with Crippen LogP contribution in [0.2, 0.25) is 0 Å². The second kappa shape index (κ2) is 9.26.